The number of nitrogens with one attached hydrogen (secondary N) is 1. The van der Waals surface area contributed by atoms with Gasteiger partial charge in [-0.25, -0.2) is 4.98 Å². The van der Waals surface area contributed by atoms with Crippen LogP contribution in [0, 0.1) is 6.92 Å². The van der Waals surface area contributed by atoms with E-state index in [0.29, 0.717) is 29.4 Å². The normalized spacial score (nSPS) is 15.9. The van der Waals surface area contributed by atoms with E-state index in [2.05, 4.69) is 25.4 Å². The summed E-state index contributed by atoms with van der Waals surface area (Å²) in [5.74, 6) is 1.28. The minimum Gasteiger partial charge on any atom is -0.328 e. The molecule has 29 heavy (non-hydrogen) atoms. The number of nitrogens with zero attached hydrogens (tertiary/aromatic N) is 6. The molecule has 1 N–H and O–H groups in total. The van der Waals surface area contributed by atoms with Crippen LogP contribution in [0.2, 0.25) is 0 Å². The van der Waals surface area contributed by atoms with Crippen LogP contribution in [0.1, 0.15) is 34.2 Å². The van der Waals surface area contributed by atoms with E-state index >= 15 is 0 Å². The van der Waals surface area contributed by atoms with Gasteiger partial charge in [0.05, 0.1) is 29.7 Å². The number of aromatic nitrogens is 6. The predicted molar refractivity (Wildman–Crippen MR) is 106 cm³/mol. The number of benzene rings is 2. The molecule has 2 aromatic carbocycles. The van der Waals surface area contributed by atoms with Crippen LogP contribution in [0.4, 0.5) is 0 Å². The lowest BCUT2D eigenvalue weighted by atomic mass is 9.99. The van der Waals surface area contributed by atoms with Crippen molar-refractivity contribution in [3.8, 4) is 17.1 Å². The molecule has 4 aromatic rings. The van der Waals surface area contributed by atoms with Crippen molar-refractivity contribution in [2.75, 3.05) is 6.54 Å². The van der Waals surface area contributed by atoms with Crippen LogP contribution in [-0.4, -0.2) is 47.5 Å². The Morgan fingerprint density at radius 1 is 1.10 bits per heavy atom. The molecule has 0 aliphatic carbocycles. The first-order valence-corrected chi connectivity index (χ1v) is 9.47. The smallest absolute Gasteiger partial charge is 0.256 e. The van der Waals surface area contributed by atoms with Gasteiger partial charge in [-0.1, -0.05) is 36.4 Å². The van der Waals surface area contributed by atoms with Gasteiger partial charge in [-0.15, -0.1) is 0 Å². The zero-order chi connectivity index (χ0) is 19.8. The number of hydrogen-bond acceptors (Lipinski definition) is 5. The van der Waals surface area contributed by atoms with Crippen molar-refractivity contribution in [2.24, 2.45) is 0 Å². The molecule has 5 rings (SSSR count). The van der Waals surface area contributed by atoms with Crippen molar-refractivity contribution >= 4 is 5.91 Å². The molecule has 1 atom stereocenters. The van der Waals surface area contributed by atoms with Crippen LogP contribution in [0.5, 0.6) is 0 Å². The van der Waals surface area contributed by atoms with Crippen LogP contribution in [0.15, 0.2) is 60.9 Å². The maximum Gasteiger partial charge on any atom is 0.256 e. The fraction of sp³-hybridized carbons (Fsp3) is 0.190. The molecule has 2 aromatic heterocycles. The first-order chi connectivity index (χ1) is 14.2. The minimum absolute atomic E-state index is 0.0637. The van der Waals surface area contributed by atoms with Gasteiger partial charge in [-0.05, 0) is 31.0 Å². The summed E-state index contributed by atoms with van der Waals surface area (Å²) < 4.78 is 0. The minimum atomic E-state index is -0.118. The highest BCUT2D eigenvalue weighted by molar-refractivity contribution is 5.98. The van der Waals surface area contributed by atoms with Gasteiger partial charge in [0.1, 0.15) is 5.82 Å². The summed E-state index contributed by atoms with van der Waals surface area (Å²) in [6.45, 7) is 2.65. The lowest BCUT2D eigenvalue weighted by Gasteiger charge is -2.39. The van der Waals surface area contributed by atoms with Gasteiger partial charge in [0, 0.05) is 12.1 Å². The summed E-state index contributed by atoms with van der Waals surface area (Å²) in [5, 5.41) is 15.7. The van der Waals surface area contributed by atoms with Crippen molar-refractivity contribution in [1.29, 1.82) is 0 Å². The molecule has 0 spiro atoms. The van der Waals surface area contributed by atoms with Gasteiger partial charge >= 0.3 is 0 Å². The van der Waals surface area contributed by atoms with Crippen molar-refractivity contribution in [2.45, 2.75) is 19.4 Å². The second kappa shape index (κ2) is 6.97. The maximum atomic E-state index is 13.3. The summed E-state index contributed by atoms with van der Waals surface area (Å²) in [6.07, 6.45) is 4.04. The number of amides is 1. The molecule has 0 radical (unpaired) electrons. The molecular weight excluding hydrogens is 366 g/mol. The van der Waals surface area contributed by atoms with Crippen LogP contribution < -0.4 is 0 Å². The van der Waals surface area contributed by atoms with E-state index in [4.69, 9.17) is 0 Å². The molecular formula is C21H19N7O. The van der Waals surface area contributed by atoms with Crippen molar-refractivity contribution in [3.05, 3.63) is 77.9 Å². The number of hydrogen-bond donors (Lipinski definition) is 1. The zero-order valence-corrected chi connectivity index (χ0v) is 15.9. The number of carbonyl (C=O) groups is 1. The summed E-state index contributed by atoms with van der Waals surface area (Å²) in [4.78, 5) is 21.2. The highest BCUT2D eigenvalue weighted by Crippen LogP contribution is 2.34. The zero-order valence-electron chi connectivity index (χ0n) is 15.9. The Morgan fingerprint density at radius 3 is 2.62 bits per heavy atom. The fourth-order valence-corrected chi connectivity index (χ4v) is 3.54. The first kappa shape index (κ1) is 17.3. The Labute approximate surface area is 167 Å². The van der Waals surface area contributed by atoms with Crippen molar-refractivity contribution in [1.82, 2.24) is 35.1 Å². The van der Waals surface area contributed by atoms with E-state index in [1.807, 2.05) is 60.4 Å². The second-order valence-corrected chi connectivity index (χ2v) is 7.05. The molecule has 8 heteroatoms. The van der Waals surface area contributed by atoms with E-state index in [1.54, 1.807) is 12.4 Å². The third kappa shape index (κ3) is 3.08. The topological polar surface area (TPSA) is 92.6 Å². The highest BCUT2D eigenvalue weighted by Gasteiger charge is 2.37. The number of aryl methyl sites for hydroxylation is 1. The van der Waals surface area contributed by atoms with E-state index < -0.39 is 0 Å². The monoisotopic (exact) mass is 385 g/mol. The Bertz CT molecular complexity index is 1150. The van der Waals surface area contributed by atoms with Crippen molar-refractivity contribution < 1.29 is 4.79 Å². The standard InChI is InChI=1S/C21H19N7O/c1-14-7-8-16(18(13-14)28-22-10-11-23-28)21(29)27-12-9-17(27)20-24-19(25-26-20)15-5-3-2-4-6-15/h2-8,10-11,13,17H,9,12H2,1H3,(H,24,25,26). The predicted octanol–water partition coefficient (Wildman–Crippen LogP) is 2.95. The summed E-state index contributed by atoms with van der Waals surface area (Å²) >= 11 is 0. The summed E-state index contributed by atoms with van der Waals surface area (Å²) in [7, 11) is 0. The molecule has 1 amide bonds. The molecule has 1 aliphatic rings. The third-order valence-corrected chi connectivity index (χ3v) is 5.15. The lowest BCUT2D eigenvalue weighted by Crippen LogP contribution is -2.46. The van der Waals surface area contributed by atoms with Gasteiger partial charge in [-0.2, -0.15) is 20.1 Å². The van der Waals surface area contributed by atoms with E-state index in [0.717, 1.165) is 17.5 Å². The molecule has 1 fully saturated rings. The summed E-state index contributed by atoms with van der Waals surface area (Å²) in [5.41, 5.74) is 3.22. The molecule has 1 unspecified atom stereocenters. The maximum absolute atomic E-state index is 13.3. The number of likely N-dealkylation sites (tertiary alicyclic amines) is 1. The van der Waals surface area contributed by atoms with Crippen molar-refractivity contribution in [3.63, 3.8) is 0 Å². The number of H-pyrrole nitrogens is 1. The number of aromatic amines is 1. The lowest BCUT2D eigenvalue weighted by molar-refractivity contribution is 0.0441. The third-order valence-electron chi connectivity index (χ3n) is 5.15. The number of carbonyl (C=O) groups excluding carboxylic acids is 1. The quantitative estimate of drug-likeness (QED) is 0.583. The van der Waals surface area contributed by atoms with Crippen LogP contribution in [0.25, 0.3) is 17.1 Å². The second-order valence-electron chi connectivity index (χ2n) is 7.05. The Hall–Kier alpha value is -3.81. The van der Waals surface area contributed by atoms with E-state index in [1.165, 1.54) is 4.80 Å². The fourth-order valence-electron chi connectivity index (χ4n) is 3.54. The average molecular weight is 385 g/mol. The van der Waals surface area contributed by atoms with Crippen LogP contribution in [-0.2, 0) is 0 Å². The number of rotatable bonds is 4. The van der Waals surface area contributed by atoms with Crippen LogP contribution in [0.3, 0.4) is 0 Å². The molecule has 0 saturated carbocycles. The summed E-state index contributed by atoms with van der Waals surface area (Å²) in [6, 6.07) is 15.4. The molecule has 0 bridgehead atoms. The highest BCUT2D eigenvalue weighted by atomic mass is 16.2. The van der Waals surface area contributed by atoms with Gasteiger partial charge < -0.3 is 4.90 Å². The molecule has 3 heterocycles. The van der Waals surface area contributed by atoms with Gasteiger partial charge in [0.2, 0.25) is 0 Å². The molecule has 144 valence electrons. The Kier molecular flexibility index (Phi) is 4.16. The Balaban J connectivity index is 1.43. The van der Waals surface area contributed by atoms with E-state index in [-0.39, 0.29) is 11.9 Å². The van der Waals surface area contributed by atoms with Gasteiger partial charge in [0.15, 0.2) is 5.82 Å². The molecule has 1 saturated heterocycles. The van der Waals surface area contributed by atoms with Gasteiger partial charge in [-0.3, -0.25) is 9.89 Å². The van der Waals surface area contributed by atoms with Crippen LogP contribution >= 0.6 is 0 Å². The molecule has 1 aliphatic heterocycles. The molecule has 8 nitrogen and oxygen atoms in total. The average Bonchev–Trinajstić information content (AvgIpc) is 3.40. The SMILES string of the molecule is Cc1ccc(C(=O)N2CCC2c2nc(-c3ccccc3)n[nH]2)c(-n2nccn2)c1. The van der Waals surface area contributed by atoms with E-state index in [9.17, 15) is 4.79 Å². The van der Waals surface area contributed by atoms with Gasteiger partial charge in [0.25, 0.3) is 5.91 Å². The largest absolute Gasteiger partial charge is 0.328 e. The Morgan fingerprint density at radius 2 is 1.90 bits per heavy atom. The first-order valence-electron chi connectivity index (χ1n) is 9.47.